The minimum Gasteiger partial charge on any atom is -0.486 e. The number of rotatable bonds is 6. The minimum atomic E-state index is -4.01. The summed E-state index contributed by atoms with van der Waals surface area (Å²) in [6, 6.07) is 5.69. The zero-order chi connectivity index (χ0) is 18.8. The number of morpholine rings is 1. The normalized spacial score (nSPS) is 21.4. The Kier molecular flexibility index (Phi) is 4.89. The molecule has 0 unspecified atom stereocenters. The van der Waals surface area contributed by atoms with Gasteiger partial charge < -0.3 is 14.6 Å². The molecule has 1 atom stereocenters. The molecule has 0 bridgehead atoms. The second-order valence-electron chi connectivity index (χ2n) is 5.82. The van der Waals surface area contributed by atoms with Crippen LogP contribution < -0.4 is 4.74 Å². The van der Waals surface area contributed by atoms with Gasteiger partial charge in [-0.1, -0.05) is 0 Å². The molecule has 12 heteroatoms. The zero-order valence-electron chi connectivity index (χ0n) is 13.8. The smallest absolute Gasteiger partial charge is 0.327 e. The molecule has 3 rings (SSSR count). The average Bonchev–Trinajstić information content (AvgIpc) is 3.14. The lowest BCUT2D eigenvalue weighted by molar-refractivity contribution is -0.155. The van der Waals surface area contributed by atoms with Gasteiger partial charge in [0.2, 0.25) is 10.0 Å². The van der Waals surface area contributed by atoms with Gasteiger partial charge in [-0.15, -0.1) is 5.10 Å². The molecule has 0 amide bonds. The van der Waals surface area contributed by atoms with Gasteiger partial charge in [0.1, 0.15) is 12.4 Å². The van der Waals surface area contributed by atoms with Gasteiger partial charge in [-0.05, 0) is 41.6 Å². The maximum absolute atomic E-state index is 12.9. The minimum absolute atomic E-state index is 0.0273. The monoisotopic (exact) mass is 383 g/mol. The van der Waals surface area contributed by atoms with Gasteiger partial charge in [-0.25, -0.2) is 13.5 Å². The van der Waals surface area contributed by atoms with Crippen LogP contribution in [-0.4, -0.2) is 69.7 Å². The summed E-state index contributed by atoms with van der Waals surface area (Å²) in [5.74, 6) is -0.419. The van der Waals surface area contributed by atoms with Crippen LogP contribution in [0.4, 0.5) is 0 Å². The number of carboxylic acids is 1. The van der Waals surface area contributed by atoms with Gasteiger partial charge in [0.25, 0.3) is 0 Å². The van der Waals surface area contributed by atoms with Crippen molar-refractivity contribution in [1.29, 1.82) is 0 Å². The molecular weight excluding hydrogens is 366 g/mol. The third kappa shape index (κ3) is 3.38. The first kappa shape index (κ1) is 18.2. The van der Waals surface area contributed by atoms with E-state index in [9.17, 15) is 18.3 Å². The maximum atomic E-state index is 12.9. The van der Waals surface area contributed by atoms with Gasteiger partial charge in [0.05, 0.1) is 18.1 Å². The van der Waals surface area contributed by atoms with Gasteiger partial charge >= 0.3 is 5.97 Å². The molecule has 1 fully saturated rings. The Morgan fingerprint density at radius 3 is 2.77 bits per heavy atom. The number of hydrogen-bond acceptors (Lipinski definition) is 8. The number of tetrazole rings is 1. The summed E-state index contributed by atoms with van der Waals surface area (Å²) in [6.45, 7) is 1.30. The molecule has 11 nitrogen and oxygen atoms in total. The topological polar surface area (TPSA) is 148 Å². The summed E-state index contributed by atoms with van der Waals surface area (Å²) in [5.41, 5.74) is -1.66. The summed E-state index contributed by atoms with van der Waals surface area (Å²) >= 11 is 0. The number of nitrogens with one attached hydrogen (secondary N) is 1. The van der Waals surface area contributed by atoms with Crippen molar-refractivity contribution in [2.75, 3.05) is 19.8 Å². The van der Waals surface area contributed by atoms with Gasteiger partial charge in [0.15, 0.2) is 11.4 Å². The van der Waals surface area contributed by atoms with Crippen LogP contribution in [0.15, 0.2) is 29.2 Å². The van der Waals surface area contributed by atoms with Crippen LogP contribution in [0, 0.1) is 0 Å². The highest BCUT2D eigenvalue weighted by Gasteiger charge is 2.48. The first-order valence-corrected chi connectivity index (χ1v) is 9.07. The second-order valence-corrected chi connectivity index (χ2v) is 7.68. The fraction of sp³-hybridized carbons (Fsp3) is 0.429. The van der Waals surface area contributed by atoms with E-state index in [-0.39, 0.29) is 31.3 Å². The highest BCUT2D eigenvalue weighted by atomic mass is 32.2. The predicted octanol–water partition coefficient (Wildman–Crippen LogP) is -0.357. The molecule has 0 saturated carbocycles. The van der Waals surface area contributed by atoms with Crippen molar-refractivity contribution in [3.05, 3.63) is 30.1 Å². The van der Waals surface area contributed by atoms with Gasteiger partial charge in [0, 0.05) is 6.54 Å². The number of aromatic nitrogens is 4. The number of nitrogens with zero attached hydrogens (tertiary/aromatic N) is 4. The molecule has 0 radical (unpaired) electrons. The van der Waals surface area contributed by atoms with Crippen molar-refractivity contribution in [2.45, 2.75) is 24.0 Å². The van der Waals surface area contributed by atoms with E-state index in [0.717, 1.165) is 4.31 Å². The number of sulfonamides is 1. The first-order chi connectivity index (χ1) is 12.3. The van der Waals surface area contributed by atoms with Crippen molar-refractivity contribution >= 4 is 16.0 Å². The van der Waals surface area contributed by atoms with Crippen LogP contribution >= 0.6 is 0 Å². The van der Waals surface area contributed by atoms with Crippen molar-refractivity contribution in [3.63, 3.8) is 0 Å². The molecule has 0 spiro atoms. The van der Waals surface area contributed by atoms with E-state index in [1.165, 1.54) is 31.2 Å². The SMILES string of the molecule is C[C@]1(C(=O)O)COCCN1S(=O)(=O)c1ccc(OCc2nnn[nH]2)cc1. The molecule has 2 N–H and O–H groups in total. The Morgan fingerprint density at radius 2 is 2.15 bits per heavy atom. The van der Waals surface area contributed by atoms with Crippen LogP contribution in [0.3, 0.4) is 0 Å². The van der Waals surface area contributed by atoms with Crippen molar-refractivity contribution in [3.8, 4) is 5.75 Å². The average molecular weight is 383 g/mol. The predicted molar refractivity (Wildman–Crippen MR) is 85.7 cm³/mol. The Morgan fingerprint density at radius 1 is 1.42 bits per heavy atom. The number of aliphatic carboxylic acids is 1. The standard InChI is InChI=1S/C14H17N5O6S/c1-14(13(20)21)9-24-7-6-19(14)26(22,23)11-4-2-10(3-5-11)25-8-12-15-17-18-16-12/h2-5H,6-9H2,1H3,(H,20,21)(H,15,16,17,18)/t14-/m1/s1. The Hall–Kier alpha value is -2.57. The van der Waals surface area contributed by atoms with E-state index in [2.05, 4.69) is 20.6 Å². The second kappa shape index (κ2) is 6.97. The van der Waals surface area contributed by atoms with Crippen LogP contribution in [0.2, 0.25) is 0 Å². The molecule has 1 aliphatic heterocycles. The van der Waals surface area contributed by atoms with Crippen LogP contribution in [0.1, 0.15) is 12.7 Å². The van der Waals surface area contributed by atoms with E-state index in [0.29, 0.717) is 11.6 Å². The summed E-state index contributed by atoms with van der Waals surface area (Å²) in [5, 5.41) is 22.5. The van der Waals surface area contributed by atoms with Crippen LogP contribution in [0.25, 0.3) is 0 Å². The largest absolute Gasteiger partial charge is 0.486 e. The number of aromatic amines is 1. The number of carboxylic acid groups (broad SMARTS) is 1. The summed E-state index contributed by atoms with van der Waals surface area (Å²) in [7, 11) is -4.01. The maximum Gasteiger partial charge on any atom is 0.327 e. The first-order valence-electron chi connectivity index (χ1n) is 7.63. The van der Waals surface area contributed by atoms with E-state index in [1.54, 1.807) is 0 Å². The third-order valence-electron chi connectivity index (χ3n) is 4.01. The summed E-state index contributed by atoms with van der Waals surface area (Å²) < 4.78 is 37.4. The fourth-order valence-electron chi connectivity index (χ4n) is 2.52. The highest BCUT2D eigenvalue weighted by molar-refractivity contribution is 7.89. The molecule has 1 aliphatic rings. The number of hydrogen-bond donors (Lipinski definition) is 2. The van der Waals surface area contributed by atoms with E-state index >= 15 is 0 Å². The number of carbonyl (C=O) groups is 1. The van der Waals surface area contributed by atoms with E-state index < -0.39 is 21.5 Å². The van der Waals surface area contributed by atoms with E-state index in [1.807, 2.05) is 0 Å². The molecular formula is C14H17N5O6S. The molecule has 0 aliphatic carbocycles. The van der Waals surface area contributed by atoms with Crippen molar-refractivity contribution in [2.24, 2.45) is 0 Å². The number of benzene rings is 1. The number of ether oxygens (including phenoxy) is 2. The van der Waals surface area contributed by atoms with Crippen molar-refractivity contribution < 1.29 is 27.8 Å². The molecule has 2 heterocycles. The van der Waals surface area contributed by atoms with Crippen molar-refractivity contribution in [1.82, 2.24) is 24.9 Å². The molecule has 1 aromatic heterocycles. The van der Waals surface area contributed by atoms with E-state index in [4.69, 9.17) is 9.47 Å². The Bertz CT molecular complexity index is 870. The Balaban J connectivity index is 1.79. The molecule has 26 heavy (non-hydrogen) atoms. The Labute approximate surface area is 149 Å². The van der Waals surface area contributed by atoms with Gasteiger partial charge in [-0.2, -0.15) is 4.31 Å². The quantitative estimate of drug-likeness (QED) is 0.682. The lowest BCUT2D eigenvalue weighted by atomic mass is 10.0. The molecule has 140 valence electrons. The van der Waals surface area contributed by atoms with Crippen LogP contribution in [0.5, 0.6) is 5.75 Å². The summed E-state index contributed by atoms with van der Waals surface area (Å²) in [4.78, 5) is 11.6. The molecule has 1 saturated heterocycles. The molecule has 2 aromatic rings. The van der Waals surface area contributed by atoms with Crippen LogP contribution in [-0.2, 0) is 26.2 Å². The fourth-order valence-corrected chi connectivity index (χ4v) is 4.23. The lowest BCUT2D eigenvalue weighted by Gasteiger charge is -2.39. The zero-order valence-corrected chi connectivity index (χ0v) is 14.6. The number of H-pyrrole nitrogens is 1. The third-order valence-corrected chi connectivity index (χ3v) is 6.04. The lowest BCUT2D eigenvalue weighted by Crippen LogP contribution is -2.61. The molecule has 1 aromatic carbocycles. The van der Waals surface area contributed by atoms with Gasteiger partial charge in [-0.3, -0.25) is 4.79 Å². The highest BCUT2D eigenvalue weighted by Crippen LogP contribution is 2.29. The summed E-state index contributed by atoms with van der Waals surface area (Å²) in [6.07, 6.45) is 0.